The van der Waals surface area contributed by atoms with Crippen LogP contribution in [0.5, 0.6) is 0 Å². The summed E-state index contributed by atoms with van der Waals surface area (Å²) >= 11 is 0. The summed E-state index contributed by atoms with van der Waals surface area (Å²) in [5, 5.41) is 5.14. The Hall–Kier alpha value is -6.18. The van der Waals surface area contributed by atoms with Crippen molar-refractivity contribution in [3.05, 3.63) is 199 Å². The highest BCUT2D eigenvalue weighted by Crippen LogP contribution is 2.37. The molecule has 0 aliphatic rings. The highest BCUT2D eigenvalue weighted by Gasteiger charge is 2.13. The normalized spacial score (nSPS) is 11.6. The van der Waals surface area contributed by atoms with E-state index >= 15 is 0 Å². The van der Waals surface area contributed by atoms with Gasteiger partial charge in [-0.15, -0.1) is 0 Å². The lowest BCUT2D eigenvalue weighted by Crippen LogP contribution is -2.09. The van der Waals surface area contributed by atoms with E-state index in [1.54, 1.807) is 0 Å². The van der Waals surface area contributed by atoms with Crippen molar-refractivity contribution in [3.63, 3.8) is 0 Å². The fraction of sp³-hybridized carbons (Fsp3) is 0.0213. The Morgan fingerprint density at radius 3 is 1.44 bits per heavy atom. The molecule has 0 fully saturated rings. The van der Waals surface area contributed by atoms with Crippen LogP contribution in [0.4, 0.5) is 17.1 Å². The molecule has 0 aliphatic carbocycles. The van der Waals surface area contributed by atoms with Crippen molar-refractivity contribution < 1.29 is 0 Å². The zero-order valence-electron chi connectivity index (χ0n) is 26.9. The number of nitrogens with zero attached hydrogens (tertiary/aromatic N) is 1. The second-order valence-corrected chi connectivity index (χ2v) is 12.3. The maximum Gasteiger partial charge on any atom is 0.0462 e. The van der Waals surface area contributed by atoms with Gasteiger partial charge in [-0.1, -0.05) is 152 Å². The molecule has 0 heterocycles. The molecule has 0 radical (unpaired) electrons. The molecule has 0 aliphatic heterocycles. The molecule has 0 N–H and O–H groups in total. The molecule has 8 rings (SSSR count). The van der Waals surface area contributed by atoms with Crippen molar-refractivity contribution >= 4 is 50.3 Å². The van der Waals surface area contributed by atoms with Crippen LogP contribution in [-0.2, 0) is 0 Å². The zero-order chi connectivity index (χ0) is 32.3. The van der Waals surface area contributed by atoms with Crippen LogP contribution in [0.15, 0.2) is 188 Å². The van der Waals surface area contributed by atoms with Crippen LogP contribution in [0.2, 0.25) is 0 Å². The van der Waals surface area contributed by atoms with Crippen LogP contribution < -0.4 is 4.90 Å². The van der Waals surface area contributed by atoms with Gasteiger partial charge in [0.1, 0.15) is 0 Å². The summed E-state index contributed by atoms with van der Waals surface area (Å²) in [6, 6.07) is 67.4. The first kappa shape index (κ1) is 29.2. The third kappa shape index (κ3) is 5.79. The first-order chi connectivity index (χ1) is 23.7. The Morgan fingerprint density at radius 1 is 0.396 bits per heavy atom. The number of rotatable bonds is 7. The molecule has 0 saturated heterocycles. The van der Waals surface area contributed by atoms with Gasteiger partial charge >= 0.3 is 0 Å². The first-order valence-electron chi connectivity index (χ1n) is 16.5. The van der Waals surface area contributed by atoms with Gasteiger partial charge < -0.3 is 4.90 Å². The summed E-state index contributed by atoms with van der Waals surface area (Å²) in [5.41, 5.74) is 11.9. The first-order valence-corrected chi connectivity index (χ1v) is 16.5. The molecular formula is C47H35N. The van der Waals surface area contributed by atoms with Crippen molar-refractivity contribution in [2.75, 3.05) is 4.90 Å². The van der Waals surface area contributed by atoms with E-state index in [1.165, 1.54) is 60.5 Å². The fourth-order valence-corrected chi connectivity index (χ4v) is 6.71. The summed E-state index contributed by atoms with van der Waals surface area (Å²) < 4.78 is 0. The number of benzene rings is 8. The van der Waals surface area contributed by atoms with Crippen LogP contribution in [0.3, 0.4) is 0 Å². The Morgan fingerprint density at radius 2 is 0.833 bits per heavy atom. The zero-order valence-corrected chi connectivity index (χ0v) is 26.9. The highest BCUT2D eigenvalue weighted by molar-refractivity contribution is 6.11. The van der Waals surface area contributed by atoms with E-state index < -0.39 is 0 Å². The van der Waals surface area contributed by atoms with Crippen LogP contribution in [-0.4, -0.2) is 0 Å². The lowest BCUT2D eigenvalue weighted by atomic mass is 9.94. The average Bonchev–Trinajstić information content (AvgIpc) is 3.16. The van der Waals surface area contributed by atoms with Crippen LogP contribution in [0, 0.1) is 0 Å². The maximum absolute atomic E-state index is 2.32. The highest BCUT2D eigenvalue weighted by atomic mass is 15.1. The van der Waals surface area contributed by atoms with E-state index in [0.29, 0.717) is 0 Å². The summed E-state index contributed by atoms with van der Waals surface area (Å²) in [6.45, 7) is 2.21. The Bertz CT molecular complexity index is 2350. The standard InChI is InChI=1S/C47H35N/c1-34(32-41-33-40-14-8-9-17-45(40)47-19-11-10-18-46(41)47)35-20-22-37(23-21-35)39-26-30-44(31-27-39)48(42-15-6-3-7-16-42)43-28-24-38(25-29-43)36-12-4-2-5-13-36/h2-33H,1H3/b34-32-. The predicted molar refractivity (Wildman–Crippen MR) is 207 cm³/mol. The molecule has 228 valence electrons. The Labute approximate surface area is 282 Å². The molecule has 0 bridgehead atoms. The topological polar surface area (TPSA) is 3.24 Å². The molecule has 0 unspecified atom stereocenters. The minimum absolute atomic E-state index is 1.12. The number of anilines is 3. The van der Waals surface area contributed by atoms with E-state index in [9.17, 15) is 0 Å². The molecule has 0 amide bonds. The van der Waals surface area contributed by atoms with Gasteiger partial charge in [0.2, 0.25) is 0 Å². The van der Waals surface area contributed by atoms with Gasteiger partial charge in [-0.2, -0.15) is 0 Å². The molecule has 0 spiro atoms. The van der Waals surface area contributed by atoms with Gasteiger partial charge in [0, 0.05) is 17.1 Å². The van der Waals surface area contributed by atoms with Crippen molar-refractivity contribution in [2.24, 2.45) is 0 Å². The number of hydrogen-bond donors (Lipinski definition) is 0. The van der Waals surface area contributed by atoms with E-state index in [1.807, 2.05) is 0 Å². The third-order valence-corrected chi connectivity index (χ3v) is 9.22. The van der Waals surface area contributed by atoms with Gasteiger partial charge in [0.25, 0.3) is 0 Å². The number of para-hydroxylation sites is 1. The van der Waals surface area contributed by atoms with Gasteiger partial charge in [-0.3, -0.25) is 0 Å². The van der Waals surface area contributed by atoms with Crippen LogP contribution in [0.25, 0.3) is 55.4 Å². The van der Waals surface area contributed by atoms with Gasteiger partial charge in [0.05, 0.1) is 0 Å². The summed E-state index contributed by atoms with van der Waals surface area (Å²) in [7, 11) is 0. The van der Waals surface area contributed by atoms with Crippen LogP contribution >= 0.6 is 0 Å². The van der Waals surface area contributed by atoms with Crippen LogP contribution in [0.1, 0.15) is 18.1 Å². The SMILES string of the molecule is C/C(=C/c1cc2ccccc2c2ccccc12)c1ccc(-c2ccc(N(c3ccccc3)c3ccc(-c4ccccc4)cc3)cc2)cc1. The van der Waals surface area contributed by atoms with E-state index in [-0.39, 0.29) is 0 Å². The third-order valence-electron chi connectivity index (χ3n) is 9.22. The predicted octanol–water partition coefficient (Wildman–Crippen LogP) is 13.4. The lowest BCUT2D eigenvalue weighted by Gasteiger charge is -2.26. The largest absolute Gasteiger partial charge is 0.311 e. The molecular weight excluding hydrogens is 579 g/mol. The molecule has 1 heteroatoms. The monoisotopic (exact) mass is 613 g/mol. The summed E-state index contributed by atoms with van der Waals surface area (Å²) in [6.07, 6.45) is 2.32. The van der Waals surface area contributed by atoms with Gasteiger partial charge in [0.15, 0.2) is 0 Å². The van der Waals surface area contributed by atoms with E-state index in [2.05, 4.69) is 206 Å². The molecule has 0 atom stereocenters. The fourth-order valence-electron chi connectivity index (χ4n) is 6.71. The lowest BCUT2D eigenvalue weighted by molar-refractivity contribution is 1.28. The minimum Gasteiger partial charge on any atom is -0.311 e. The van der Waals surface area contributed by atoms with Crippen molar-refractivity contribution in [1.82, 2.24) is 0 Å². The second kappa shape index (κ2) is 12.9. The molecule has 8 aromatic rings. The van der Waals surface area contributed by atoms with Crippen molar-refractivity contribution in [2.45, 2.75) is 6.92 Å². The van der Waals surface area contributed by atoms with Gasteiger partial charge in [-0.25, -0.2) is 0 Å². The molecule has 0 saturated carbocycles. The molecule has 0 aromatic heterocycles. The molecule has 1 nitrogen and oxygen atoms in total. The molecule has 48 heavy (non-hydrogen) atoms. The van der Waals surface area contributed by atoms with E-state index in [0.717, 1.165) is 17.1 Å². The average molecular weight is 614 g/mol. The maximum atomic E-state index is 2.32. The number of fused-ring (bicyclic) bond motifs is 3. The smallest absolute Gasteiger partial charge is 0.0462 e. The quantitative estimate of drug-likeness (QED) is 0.128. The van der Waals surface area contributed by atoms with Crippen molar-refractivity contribution in [1.29, 1.82) is 0 Å². The number of hydrogen-bond acceptors (Lipinski definition) is 1. The molecule has 8 aromatic carbocycles. The van der Waals surface area contributed by atoms with E-state index in [4.69, 9.17) is 0 Å². The second-order valence-electron chi connectivity index (χ2n) is 12.3. The Balaban J connectivity index is 1.07. The Kier molecular flexibility index (Phi) is 7.86. The van der Waals surface area contributed by atoms with Crippen molar-refractivity contribution in [3.8, 4) is 22.3 Å². The summed E-state index contributed by atoms with van der Waals surface area (Å²) in [5.74, 6) is 0. The minimum atomic E-state index is 1.12. The number of allylic oxidation sites excluding steroid dienone is 1. The van der Waals surface area contributed by atoms with Gasteiger partial charge in [-0.05, 0) is 110 Å². The summed E-state index contributed by atoms with van der Waals surface area (Å²) in [4.78, 5) is 2.31.